The predicted molar refractivity (Wildman–Crippen MR) is 79.6 cm³/mol. The van der Waals surface area contributed by atoms with Crippen LogP contribution in [0.2, 0.25) is 0 Å². The molecule has 2 N–H and O–H groups in total. The van der Waals surface area contributed by atoms with Gasteiger partial charge in [0, 0.05) is 24.3 Å². The van der Waals surface area contributed by atoms with E-state index in [1.165, 1.54) is 11.1 Å². The smallest absolute Gasteiger partial charge is 0.227 e. The van der Waals surface area contributed by atoms with Gasteiger partial charge in [-0.05, 0) is 59.0 Å². The van der Waals surface area contributed by atoms with Gasteiger partial charge < -0.3 is 10.6 Å². The highest BCUT2D eigenvalue weighted by Gasteiger charge is 2.23. The molecule has 4 heteroatoms. The van der Waals surface area contributed by atoms with Crippen molar-refractivity contribution in [2.75, 3.05) is 17.2 Å². The van der Waals surface area contributed by atoms with E-state index in [9.17, 15) is 4.79 Å². The van der Waals surface area contributed by atoms with Crippen molar-refractivity contribution in [3.63, 3.8) is 0 Å². The highest BCUT2D eigenvalue weighted by Crippen LogP contribution is 2.29. The number of aryl methyl sites for hydroxylation is 1. The van der Waals surface area contributed by atoms with E-state index in [-0.39, 0.29) is 5.91 Å². The maximum absolute atomic E-state index is 12.1. The van der Waals surface area contributed by atoms with E-state index in [0.717, 1.165) is 30.8 Å². The number of fused-ring (bicyclic) bond motifs is 1. The molecule has 0 unspecified atom stereocenters. The van der Waals surface area contributed by atoms with Crippen LogP contribution in [0.1, 0.15) is 17.5 Å². The Labute approximate surface area is 116 Å². The Bertz CT molecular complexity index is 592. The Kier molecular flexibility index (Phi) is 3.25. The second-order valence-electron chi connectivity index (χ2n) is 4.82. The lowest BCUT2D eigenvalue weighted by Gasteiger charge is -2.29. The molecule has 0 spiro atoms. The SMILES string of the molecule is Nc1ccc2c(c1)CCC(=O)N2CCc1ccsc1. The first-order chi connectivity index (χ1) is 9.24. The maximum Gasteiger partial charge on any atom is 0.227 e. The number of nitrogen functional groups attached to an aromatic ring is 1. The second kappa shape index (κ2) is 5.05. The highest BCUT2D eigenvalue weighted by molar-refractivity contribution is 7.07. The molecule has 3 nitrogen and oxygen atoms in total. The first kappa shape index (κ1) is 12.2. The topological polar surface area (TPSA) is 46.3 Å². The molecule has 0 saturated heterocycles. The molecule has 0 saturated carbocycles. The number of nitrogens with zero attached hydrogens (tertiary/aromatic N) is 1. The van der Waals surface area contributed by atoms with Gasteiger partial charge in [0.15, 0.2) is 0 Å². The number of thiophene rings is 1. The zero-order valence-electron chi connectivity index (χ0n) is 10.6. The molecule has 2 aromatic rings. The standard InChI is InChI=1S/C15H16N2OS/c16-13-2-3-14-12(9-13)1-4-15(18)17(14)7-5-11-6-8-19-10-11/h2-3,6,8-10H,1,4-5,7,16H2. The van der Waals surface area contributed by atoms with Crippen molar-refractivity contribution >= 4 is 28.6 Å². The Balaban J connectivity index is 1.82. The minimum absolute atomic E-state index is 0.215. The summed E-state index contributed by atoms with van der Waals surface area (Å²) >= 11 is 1.69. The third-order valence-electron chi connectivity index (χ3n) is 3.51. The molecular weight excluding hydrogens is 256 g/mol. The first-order valence-electron chi connectivity index (χ1n) is 6.44. The van der Waals surface area contributed by atoms with Crippen molar-refractivity contribution in [1.82, 2.24) is 0 Å². The molecule has 98 valence electrons. The number of nitrogens with two attached hydrogens (primary N) is 1. The summed E-state index contributed by atoms with van der Waals surface area (Å²) in [6.07, 6.45) is 2.29. The van der Waals surface area contributed by atoms with Gasteiger partial charge >= 0.3 is 0 Å². The average molecular weight is 272 g/mol. The maximum atomic E-state index is 12.1. The molecule has 2 heterocycles. The molecule has 3 rings (SSSR count). The fourth-order valence-electron chi connectivity index (χ4n) is 2.50. The van der Waals surface area contributed by atoms with Gasteiger partial charge in [-0.25, -0.2) is 0 Å². The number of rotatable bonds is 3. The molecule has 0 fully saturated rings. The van der Waals surface area contributed by atoms with Crippen molar-refractivity contribution in [2.45, 2.75) is 19.3 Å². The molecule has 0 aliphatic carbocycles. The summed E-state index contributed by atoms with van der Waals surface area (Å²) < 4.78 is 0. The zero-order valence-corrected chi connectivity index (χ0v) is 11.5. The summed E-state index contributed by atoms with van der Waals surface area (Å²) in [7, 11) is 0. The fourth-order valence-corrected chi connectivity index (χ4v) is 3.20. The third-order valence-corrected chi connectivity index (χ3v) is 4.24. The van der Waals surface area contributed by atoms with Crippen molar-refractivity contribution in [2.24, 2.45) is 0 Å². The molecule has 19 heavy (non-hydrogen) atoms. The van der Waals surface area contributed by atoms with E-state index < -0.39 is 0 Å². The minimum atomic E-state index is 0.215. The molecule has 1 aliphatic rings. The largest absolute Gasteiger partial charge is 0.399 e. The molecule has 1 aromatic carbocycles. The van der Waals surface area contributed by atoms with Gasteiger partial charge in [-0.2, -0.15) is 11.3 Å². The lowest BCUT2D eigenvalue weighted by Crippen LogP contribution is -2.36. The van der Waals surface area contributed by atoms with Crippen LogP contribution in [0.25, 0.3) is 0 Å². The van der Waals surface area contributed by atoms with Gasteiger partial charge in [-0.3, -0.25) is 4.79 Å². The monoisotopic (exact) mass is 272 g/mol. The number of anilines is 2. The van der Waals surface area contributed by atoms with Gasteiger partial charge in [0.05, 0.1) is 0 Å². The van der Waals surface area contributed by atoms with Crippen LogP contribution in [0.15, 0.2) is 35.0 Å². The summed E-state index contributed by atoms with van der Waals surface area (Å²) in [5.74, 6) is 0.215. The molecule has 1 aliphatic heterocycles. The van der Waals surface area contributed by atoms with Crippen LogP contribution in [0, 0.1) is 0 Å². The highest BCUT2D eigenvalue weighted by atomic mass is 32.1. The zero-order chi connectivity index (χ0) is 13.2. The van der Waals surface area contributed by atoms with E-state index >= 15 is 0 Å². The van der Waals surface area contributed by atoms with Crippen molar-refractivity contribution in [3.05, 3.63) is 46.2 Å². The Morgan fingerprint density at radius 2 is 2.16 bits per heavy atom. The van der Waals surface area contributed by atoms with E-state index in [1.807, 2.05) is 23.1 Å². The van der Waals surface area contributed by atoms with Gasteiger partial charge in [0.2, 0.25) is 5.91 Å². The number of benzene rings is 1. The quantitative estimate of drug-likeness (QED) is 0.873. The molecular formula is C15H16N2OS. The van der Waals surface area contributed by atoms with Gasteiger partial charge in [0.1, 0.15) is 0 Å². The van der Waals surface area contributed by atoms with E-state index in [1.54, 1.807) is 11.3 Å². The van der Waals surface area contributed by atoms with Gasteiger partial charge in [0.25, 0.3) is 0 Å². The van der Waals surface area contributed by atoms with Crippen LogP contribution < -0.4 is 10.6 Å². The van der Waals surface area contributed by atoms with Crippen LogP contribution in [0.5, 0.6) is 0 Å². The van der Waals surface area contributed by atoms with Crippen molar-refractivity contribution in [1.29, 1.82) is 0 Å². The molecule has 1 aromatic heterocycles. The normalized spacial score (nSPS) is 14.5. The van der Waals surface area contributed by atoms with Gasteiger partial charge in [-0.15, -0.1) is 0 Å². The number of amides is 1. The Hall–Kier alpha value is -1.81. The lowest BCUT2D eigenvalue weighted by atomic mass is 10.00. The number of carbonyl (C=O) groups excluding carboxylic acids is 1. The van der Waals surface area contributed by atoms with Crippen LogP contribution >= 0.6 is 11.3 Å². The summed E-state index contributed by atoms with van der Waals surface area (Å²) in [6, 6.07) is 7.94. The predicted octanol–water partition coefficient (Wildman–Crippen LogP) is 2.85. The minimum Gasteiger partial charge on any atom is -0.399 e. The van der Waals surface area contributed by atoms with E-state index in [2.05, 4.69) is 16.8 Å². The molecule has 0 radical (unpaired) electrons. The third kappa shape index (κ3) is 2.49. The van der Waals surface area contributed by atoms with Crippen LogP contribution in [0.4, 0.5) is 11.4 Å². The lowest BCUT2D eigenvalue weighted by molar-refractivity contribution is -0.118. The second-order valence-corrected chi connectivity index (χ2v) is 5.60. The van der Waals surface area contributed by atoms with Crippen LogP contribution in [-0.4, -0.2) is 12.5 Å². The average Bonchev–Trinajstić information content (AvgIpc) is 2.91. The summed E-state index contributed by atoms with van der Waals surface area (Å²) in [5, 5.41) is 4.21. The molecule has 0 atom stereocenters. The van der Waals surface area contributed by atoms with Crippen LogP contribution in [-0.2, 0) is 17.6 Å². The fraction of sp³-hybridized carbons (Fsp3) is 0.267. The molecule has 0 bridgehead atoms. The molecule has 1 amide bonds. The number of carbonyl (C=O) groups is 1. The van der Waals surface area contributed by atoms with Crippen molar-refractivity contribution in [3.8, 4) is 0 Å². The number of hydrogen-bond acceptors (Lipinski definition) is 3. The van der Waals surface area contributed by atoms with Crippen LogP contribution in [0.3, 0.4) is 0 Å². The van der Waals surface area contributed by atoms with Gasteiger partial charge in [-0.1, -0.05) is 0 Å². The summed E-state index contributed by atoms with van der Waals surface area (Å²) in [4.78, 5) is 14.0. The van der Waals surface area contributed by atoms with E-state index in [0.29, 0.717) is 6.42 Å². The van der Waals surface area contributed by atoms with E-state index in [4.69, 9.17) is 5.73 Å². The first-order valence-corrected chi connectivity index (χ1v) is 7.38. The Morgan fingerprint density at radius 1 is 1.26 bits per heavy atom. The van der Waals surface area contributed by atoms with Crippen molar-refractivity contribution < 1.29 is 4.79 Å². The number of hydrogen-bond donors (Lipinski definition) is 1. The summed E-state index contributed by atoms with van der Waals surface area (Å²) in [6.45, 7) is 0.743. The Morgan fingerprint density at radius 3 is 2.95 bits per heavy atom. The summed E-state index contributed by atoms with van der Waals surface area (Å²) in [5.41, 5.74) is 10.1.